The fourth-order valence-electron chi connectivity index (χ4n) is 1.36. The quantitative estimate of drug-likeness (QED) is 0.356. The lowest BCUT2D eigenvalue weighted by Gasteiger charge is -2.06. The molecule has 0 saturated heterocycles. The number of carbonyl (C=O) groups excluding carboxylic acids is 1. The summed E-state index contributed by atoms with van der Waals surface area (Å²) in [5.74, 6) is -1.07. The molecule has 6 nitrogen and oxygen atoms in total. The molecule has 0 radical (unpaired) electrons. The number of ether oxygens (including phenoxy) is 1. The van der Waals surface area contributed by atoms with Gasteiger partial charge in [0.2, 0.25) is 0 Å². The van der Waals surface area contributed by atoms with Crippen molar-refractivity contribution in [2.75, 3.05) is 7.11 Å². The van der Waals surface area contributed by atoms with Crippen LogP contribution in [0.25, 0.3) is 0 Å². The van der Waals surface area contributed by atoms with Gasteiger partial charge in [-0.3, -0.25) is 10.1 Å². The fraction of sp³-hybridized carbons (Fsp3) is 0.200. The summed E-state index contributed by atoms with van der Waals surface area (Å²) >= 11 is 5.57. The molecular weight excluding hydrogens is 248 g/mol. The van der Waals surface area contributed by atoms with Gasteiger partial charge in [0.05, 0.1) is 35.1 Å². The predicted molar refractivity (Wildman–Crippen MR) is 58.7 cm³/mol. The Morgan fingerprint density at radius 3 is 2.71 bits per heavy atom. The molecule has 1 rings (SSSR count). The second kappa shape index (κ2) is 5.27. The Balaban J connectivity index is 3.60. The first-order valence-corrected chi connectivity index (χ1v) is 4.94. The number of nitro benzene ring substituents is 1. The standard InChI is InChI=1S/C10H7ClN2O4/c1-17-10(14)7-3-2-6(5-12)8(4-11)9(7)13(15)16/h2-3H,4H2,1H3. The van der Waals surface area contributed by atoms with Gasteiger partial charge in [-0.1, -0.05) is 0 Å². The van der Waals surface area contributed by atoms with Gasteiger partial charge in [-0.15, -0.1) is 11.6 Å². The molecule has 0 heterocycles. The topological polar surface area (TPSA) is 93.2 Å². The second-order valence-electron chi connectivity index (χ2n) is 2.98. The summed E-state index contributed by atoms with van der Waals surface area (Å²) in [5, 5.41) is 19.7. The second-order valence-corrected chi connectivity index (χ2v) is 3.25. The maximum absolute atomic E-state index is 11.4. The van der Waals surface area contributed by atoms with Crippen LogP contribution < -0.4 is 0 Å². The Labute approximate surface area is 102 Å². The van der Waals surface area contributed by atoms with Crippen molar-refractivity contribution in [2.24, 2.45) is 0 Å². The molecule has 1 aromatic carbocycles. The summed E-state index contributed by atoms with van der Waals surface area (Å²) in [6, 6.07) is 4.27. The molecule has 0 aliphatic carbocycles. The fourth-order valence-corrected chi connectivity index (χ4v) is 1.63. The van der Waals surface area contributed by atoms with Gasteiger partial charge in [0.15, 0.2) is 0 Å². The lowest BCUT2D eigenvalue weighted by molar-refractivity contribution is -0.385. The van der Waals surface area contributed by atoms with Crippen molar-refractivity contribution < 1.29 is 14.5 Å². The van der Waals surface area contributed by atoms with Crippen LogP contribution in [0, 0.1) is 21.4 Å². The number of halogens is 1. The van der Waals surface area contributed by atoms with Gasteiger partial charge < -0.3 is 4.74 Å². The third kappa shape index (κ3) is 2.34. The minimum atomic E-state index is -0.840. The van der Waals surface area contributed by atoms with Crippen molar-refractivity contribution in [3.63, 3.8) is 0 Å². The van der Waals surface area contributed by atoms with Crippen LogP contribution in [0.4, 0.5) is 5.69 Å². The number of hydrogen-bond acceptors (Lipinski definition) is 5. The highest BCUT2D eigenvalue weighted by atomic mass is 35.5. The summed E-state index contributed by atoms with van der Waals surface area (Å²) < 4.78 is 4.43. The summed E-state index contributed by atoms with van der Waals surface area (Å²) in [6.45, 7) is 0. The highest BCUT2D eigenvalue weighted by Gasteiger charge is 2.27. The zero-order chi connectivity index (χ0) is 13.0. The molecule has 0 unspecified atom stereocenters. The number of nitrogens with zero attached hydrogens (tertiary/aromatic N) is 2. The Bertz CT molecular complexity index is 522. The van der Waals surface area contributed by atoms with E-state index in [9.17, 15) is 14.9 Å². The average Bonchev–Trinajstić information content (AvgIpc) is 2.35. The van der Waals surface area contributed by atoms with Crippen LogP contribution >= 0.6 is 11.6 Å². The molecule has 7 heteroatoms. The number of hydrogen-bond donors (Lipinski definition) is 0. The van der Waals surface area contributed by atoms with E-state index in [2.05, 4.69) is 4.74 Å². The van der Waals surface area contributed by atoms with E-state index < -0.39 is 16.6 Å². The van der Waals surface area contributed by atoms with Crippen LogP contribution in [0.2, 0.25) is 0 Å². The number of esters is 1. The van der Waals surface area contributed by atoms with Crippen molar-refractivity contribution in [1.29, 1.82) is 5.26 Å². The number of rotatable bonds is 3. The van der Waals surface area contributed by atoms with Gasteiger partial charge in [0, 0.05) is 0 Å². The molecule has 17 heavy (non-hydrogen) atoms. The summed E-state index contributed by atoms with van der Waals surface area (Å²) in [4.78, 5) is 21.5. The molecule has 0 atom stereocenters. The van der Waals surface area contributed by atoms with E-state index in [1.54, 1.807) is 6.07 Å². The van der Waals surface area contributed by atoms with E-state index in [-0.39, 0.29) is 22.6 Å². The van der Waals surface area contributed by atoms with Crippen LogP contribution in [0.5, 0.6) is 0 Å². The van der Waals surface area contributed by atoms with E-state index in [0.29, 0.717) is 0 Å². The number of nitro groups is 1. The number of nitriles is 1. The maximum Gasteiger partial charge on any atom is 0.344 e. The highest BCUT2D eigenvalue weighted by molar-refractivity contribution is 6.17. The third-order valence-corrected chi connectivity index (χ3v) is 2.39. The minimum Gasteiger partial charge on any atom is -0.465 e. The molecule has 88 valence electrons. The zero-order valence-corrected chi connectivity index (χ0v) is 9.52. The maximum atomic E-state index is 11.4. The van der Waals surface area contributed by atoms with Gasteiger partial charge >= 0.3 is 5.97 Å². The molecule has 1 aromatic rings. The van der Waals surface area contributed by atoms with Crippen LogP contribution in [0.3, 0.4) is 0 Å². The Kier molecular flexibility index (Phi) is 4.01. The molecule has 0 spiro atoms. The van der Waals surface area contributed by atoms with Gasteiger partial charge in [-0.2, -0.15) is 5.26 Å². The monoisotopic (exact) mass is 254 g/mol. The van der Waals surface area contributed by atoms with Crippen molar-refractivity contribution in [1.82, 2.24) is 0 Å². The van der Waals surface area contributed by atoms with Crippen LogP contribution in [-0.2, 0) is 10.6 Å². The third-order valence-electron chi connectivity index (χ3n) is 2.12. The Morgan fingerprint density at radius 2 is 2.29 bits per heavy atom. The smallest absolute Gasteiger partial charge is 0.344 e. The summed E-state index contributed by atoms with van der Waals surface area (Å²) in [6.07, 6.45) is 0. The van der Waals surface area contributed by atoms with Gasteiger partial charge in [-0.05, 0) is 12.1 Å². The molecule has 0 amide bonds. The van der Waals surface area contributed by atoms with Gasteiger partial charge in [-0.25, -0.2) is 4.79 Å². The Hall–Kier alpha value is -2.13. The molecule has 0 fully saturated rings. The van der Waals surface area contributed by atoms with Gasteiger partial charge in [0.1, 0.15) is 5.56 Å². The first kappa shape index (κ1) is 12.9. The highest BCUT2D eigenvalue weighted by Crippen LogP contribution is 2.28. The van der Waals surface area contributed by atoms with Crippen molar-refractivity contribution in [3.05, 3.63) is 38.9 Å². The average molecular weight is 255 g/mol. The normalized spacial score (nSPS) is 9.47. The molecule has 0 bridgehead atoms. The molecule has 0 saturated carbocycles. The first-order valence-electron chi connectivity index (χ1n) is 4.41. The lowest BCUT2D eigenvalue weighted by atomic mass is 10.0. The lowest BCUT2D eigenvalue weighted by Crippen LogP contribution is -2.08. The van der Waals surface area contributed by atoms with Crippen LogP contribution in [-0.4, -0.2) is 18.0 Å². The van der Waals surface area contributed by atoms with E-state index in [1.165, 1.54) is 12.1 Å². The number of benzene rings is 1. The Morgan fingerprint density at radius 1 is 1.65 bits per heavy atom. The predicted octanol–water partition coefficient (Wildman–Crippen LogP) is 1.99. The number of methoxy groups -OCH3 is 1. The van der Waals surface area contributed by atoms with E-state index >= 15 is 0 Å². The summed E-state index contributed by atoms with van der Waals surface area (Å²) in [5.41, 5.74) is -0.612. The number of carbonyl (C=O) groups is 1. The first-order chi connectivity index (χ1) is 8.06. The van der Waals surface area contributed by atoms with Crippen LogP contribution in [0.1, 0.15) is 21.5 Å². The van der Waals surface area contributed by atoms with E-state index in [1.807, 2.05) is 0 Å². The number of alkyl halides is 1. The SMILES string of the molecule is COC(=O)c1ccc(C#N)c(CCl)c1[N+](=O)[O-]. The van der Waals surface area contributed by atoms with Crippen LogP contribution in [0.15, 0.2) is 12.1 Å². The van der Waals surface area contributed by atoms with Crippen molar-refractivity contribution in [2.45, 2.75) is 5.88 Å². The van der Waals surface area contributed by atoms with Gasteiger partial charge in [0.25, 0.3) is 5.69 Å². The minimum absolute atomic E-state index is 0.0158. The molecule has 0 N–H and O–H groups in total. The van der Waals surface area contributed by atoms with Crippen molar-refractivity contribution in [3.8, 4) is 6.07 Å². The molecule has 0 aliphatic rings. The summed E-state index contributed by atoms with van der Waals surface area (Å²) in [7, 11) is 1.12. The van der Waals surface area contributed by atoms with Crippen molar-refractivity contribution >= 4 is 23.3 Å². The molecule has 0 aromatic heterocycles. The molecular formula is C10H7ClN2O4. The largest absolute Gasteiger partial charge is 0.465 e. The van der Waals surface area contributed by atoms with E-state index in [0.717, 1.165) is 7.11 Å². The van der Waals surface area contributed by atoms with E-state index in [4.69, 9.17) is 16.9 Å². The zero-order valence-electron chi connectivity index (χ0n) is 8.77. The molecule has 0 aliphatic heterocycles.